The highest BCUT2D eigenvalue weighted by atomic mass is 16.5. The van der Waals surface area contributed by atoms with Crippen molar-refractivity contribution in [2.24, 2.45) is 5.92 Å². The summed E-state index contributed by atoms with van der Waals surface area (Å²) in [6, 6.07) is 4.16. The fourth-order valence-electron chi connectivity index (χ4n) is 2.76. The highest BCUT2D eigenvalue weighted by molar-refractivity contribution is 5.53. The monoisotopic (exact) mass is 272 g/mol. The molecule has 0 aliphatic carbocycles. The van der Waals surface area contributed by atoms with Gasteiger partial charge in [-0.05, 0) is 43.4 Å². The molecule has 1 N–H and O–H groups in total. The molecule has 20 heavy (non-hydrogen) atoms. The minimum atomic E-state index is 0.166. The molecule has 2 aromatic heterocycles. The van der Waals surface area contributed by atoms with E-state index in [1.54, 1.807) is 6.20 Å². The summed E-state index contributed by atoms with van der Waals surface area (Å²) in [4.78, 5) is 8.95. The molecule has 2 aromatic rings. The van der Waals surface area contributed by atoms with Crippen molar-refractivity contribution in [3.8, 4) is 11.5 Å². The van der Waals surface area contributed by atoms with Crippen LogP contribution in [-0.4, -0.2) is 21.7 Å². The Kier molecular flexibility index (Phi) is 3.78. The molecular weight excluding hydrogens is 252 g/mol. The van der Waals surface area contributed by atoms with E-state index in [-0.39, 0.29) is 6.04 Å². The van der Waals surface area contributed by atoms with Crippen molar-refractivity contribution < 1.29 is 4.52 Å². The zero-order chi connectivity index (χ0) is 13.9. The SMILES string of the molecule is CCc1cccnc1-c1noc(C2NCCCC2C)n1. The summed E-state index contributed by atoms with van der Waals surface area (Å²) in [5, 5.41) is 7.58. The minimum absolute atomic E-state index is 0.166. The number of nitrogens with zero attached hydrogens (tertiary/aromatic N) is 3. The van der Waals surface area contributed by atoms with Gasteiger partial charge in [-0.25, -0.2) is 0 Å². The second-order valence-corrected chi connectivity index (χ2v) is 5.37. The molecule has 2 unspecified atom stereocenters. The summed E-state index contributed by atoms with van der Waals surface area (Å²) in [5.74, 6) is 1.79. The molecule has 5 heteroatoms. The standard InChI is InChI=1S/C15H20N4O/c1-3-11-7-5-9-17-13(11)14-18-15(20-19-14)12-10(2)6-4-8-16-12/h5,7,9-10,12,16H,3-4,6,8H2,1-2H3. The Morgan fingerprint density at radius 1 is 1.45 bits per heavy atom. The van der Waals surface area contributed by atoms with Crippen LogP contribution in [0.3, 0.4) is 0 Å². The zero-order valence-electron chi connectivity index (χ0n) is 12.0. The molecule has 0 aromatic carbocycles. The molecule has 0 saturated carbocycles. The van der Waals surface area contributed by atoms with Crippen LogP contribution in [0.4, 0.5) is 0 Å². The summed E-state index contributed by atoms with van der Waals surface area (Å²) in [6.45, 7) is 5.34. The van der Waals surface area contributed by atoms with Crippen LogP contribution in [0, 0.1) is 5.92 Å². The average Bonchev–Trinajstić information content (AvgIpc) is 2.97. The van der Waals surface area contributed by atoms with Crippen LogP contribution in [-0.2, 0) is 6.42 Å². The molecule has 0 amide bonds. The van der Waals surface area contributed by atoms with Crippen molar-refractivity contribution in [3.63, 3.8) is 0 Å². The Morgan fingerprint density at radius 3 is 3.15 bits per heavy atom. The van der Waals surface area contributed by atoms with Crippen molar-refractivity contribution in [1.29, 1.82) is 0 Å². The lowest BCUT2D eigenvalue weighted by atomic mass is 9.93. The van der Waals surface area contributed by atoms with E-state index in [2.05, 4.69) is 40.4 Å². The number of piperidine rings is 1. The lowest BCUT2D eigenvalue weighted by Gasteiger charge is -2.26. The minimum Gasteiger partial charge on any atom is -0.337 e. The lowest BCUT2D eigenvalue weighted by molar-refractivity contribution is 0.239. The summed E-state index contributed by atoms with van der Waals surface area (Å²) in [7, 11) is 0. The van der Waals surface area contributed by atoms with Crippen molar-refractivity contribution >= 4 is 0 Å². The number of hydrogen-bond acceptors (Lipinski definition) is 5. The Hall–Kier alpha value is -1.75. The van der Waals surface area contributed by atoms with Gasteiger partial charge in [-0.3, -0.25) is 4.98 Å². The Balaban J connectivity index is 1.90. The van der Waals surface area contributed by atoms with Crippen LogP contribution in [0.15, 0.2) is 22.9 Å². The molecule has 3 rings (SSSR count). The zero-order valence-corrected chi connectivity index (χ0v) is 12.0. The topological polar surface area (TPSA) is 63.8 Å². The van der Waals surface area contributed by atoms with E-state index < -0.39 is 0 Å². The van der Waals surface area contributed by atoms with Gasteiger partial charge in [0.25, 0.3) is 0 Å². The van der Waals surface area contributed by atoms with E-state index in [0.717, 1.165) is 24.2 Å². The first-order valence-electron chi connectivity index (χ1n) is 7.31. The molecule has 1 aliphatic rings. The highest BCUT2D eigenvalue weighted by Gasteiger charge is 2.28. The molecule has 106 valence electrons. The van der Waals surface area contributed by atoms with Gasteiger partial charge in [0.05, 0.1) is 6.04 Å². The van der Waals surface area contributed by atoms with Gasteiger partial charge >= 0.3 is 0 Å². The number of aromatic nitrogens is 3. The Labute approximate surface area is 118 Å². The predicted octanol–water partition coefficient (Wildman–Crippen LogP) is 2.75. The van der Waals surface area contributed by atoms with E-state index in [9.17, 15) is 0 Å². The average molecular weight is 272 g/mol. The summed E-state index contributed by atoms with van der Waals surface area (Å²) in [6.07, 6.45) is 5.08. The molecule has 1 saturated heterocycles. The maximum Gasteiger partial charge on any atom is 0.244 e. The van der Waals surface area contributed by atoms with Crippen LogP contribution in [0.2, 0.25) is 0 Å². The molecule has 5 nitrogen and oxygen atoms in total. The second-order valence-electron chi connectivity index (χ2n) is 5.37. The molecular formula is C15H20N4O. The van der Waals surface area contributed by atoms with E-state index in [1.165, 1.54) is 12.8 Å². The van der Waals surface area contributed by atoms with Gasteiger partial charge in [0.2, 0.25) is 11.7 Å². The van der Waals surface area contributed by atoms with Crippen LogP contribution >= 0.6 is 0 Å². The van der Waals surface area contributed by atoms with Crippen LogP contribution in [0.5, 0.6) is 0 Å². The van der Waals surface area contributed by atoms with Crippen molar-refractivity contribution in [2.45, 2.75) is 39.2 Å². The molecule has 0 spiro atoms. The number of pyridine rings is 1. The van der Waals surface area contributed by atoms with Gasteiger partial charge in [-0.1, -0.05) is 25.1 Å². The molecule has 0 bridgehead atoms. The van der Waals surface area contributed by atoms with Gasteiger partial charge in [-0.2, -0.15) is 4.98 Å². The fraction of sp³-hybridized carbons (Fsp3) is 0.533. The van der Waals surface area contributed by atoms with Crippen LogP contribution < -0.4 is 5.32 Å². The number of aryl methyl sites for hydroxylation is 1. The van der Waals surface area contributed by atoms with E-state index in [4.69, 9.17) is 4.52 Å². The van der Waals surface area contributed by atoms with Crippen LogP contribution in [0.25, 0.3) is 11.5 Å². The van der Waals surface area contributed by atoms with Crippen molar-refractivity contribution in [2.75, 3.05) is 6.54 Å². The molecule has 3 heterocycles. The van der Waals surface area contributed by atoms with Gasteiger partial charge in [0.1, 0.15) is 5.69 Å². The first-order valence-corrected chi connectivity index (χ1v) is 7.31. The third kappa shape index (κ3) is 2.45. The predicted molar refractivity (Wildman–Crippen MR) is 76.0 cm³/mol. The number of rotatable bonds is 3. The fourth-order valence-corrected chi connectivity index (χ4v) is 2.76. The summed E-state index contributed by atoms with van der Waals surface area (Å²) in [5.41, 5.74) is 1.97. The molecule has 1 fully saturated rings. The Bertz CT molecular complexity index is 581. The number of hydrogen-bond donors (Lipinski definition) is 1. The molecule has 2 atom stereocenters. The number of nitrogens with one attached hydrogen (secondary N) is 1. The lowest BCUT2D eigenvalue weighted by Crippen LogP contribution is -2.33. The van der Waals surface area contributed by atoms with E-state index >= 15 is 0 Å². The summed E-state index contributed by atoms with van der Waals surface area (Å²) >= 11 is 0. The normalized spacial score (nSPS) is 22.9. The van der Waals surface area contributed by atoms with Crippen molar-refractivity contribution in [3.05, 3.63) is 29.8 Å². The maximum atomic E-state index is 5.46. The van der Waals surface area contributed by atoms with Gasteiger partial charge in [0, 0.05) is 6.20 Å². The first kappa shape index (κ1) is 13.2. The maximum absolute atomic E-state index is 5.46. The third-order valence-corrected chi connectivity index (χ3v) is 3.96. The van der Waals surface area contributed by atoms with Gasteiger partial charge in [-0.15, -0.1) is 0 Å². The second kappa shape index (κ2) is 5.71. The quantitative estimate of drug-likeness (QED) is 0.930. The molecule has 0 radical (unpaired) electrons. The summed E-state index contributed by atoms with van der Waals surface area (Å²) < 4.78 is 5.46. The first-order chi connectivity index (χ1) is 9.79. The van der Waals surface area contributed by atoms with Crippen molar-refractivity contribution in [1.82, 2.24) is 20.4 Å². The van der Waals surface area contributed by atoms with Gasteiger partial charge in [0.15, 0.2) is 0 Å². The smallest absolute Gasteiger partial charge is 0.244 e. The molecule has 1 aliphatic heterocycles. The highest BCUT2D eigenvalue weighted by Crippen LogP contribution is 2.29. The van der Waals surface area contributed by atoms with E-state index in [0.29, 0.717) is 17.6 Å². The van der Waals surface area contributed by atoms with Crippen LogP contribution in [0.1, 0.15) is 44.2 Å². The Morgan fingerprint density at radius 2 is 2.35 bits per heavy atom. The van der Waals surface area contributed by atoms with Gasteiger partial charge < -0.3 is 9.84 Å². The third-order valence-electron chi connectivity index (χ3n) is 3.96. The van der Waals surface area contributed by atoms with E-state index in [1.807, 2.05) is 6.07 Å². The largest absolute Gasteiger partial charge is 0.337 e.